The SMILES string of the molecule is COC.COC(=O)[C@@H](C)N1CCC(C)(c2ccccc2)C1=O. The molecule has 0 spiro atoms. The van der Waals surface area contributed by atoms with Gasteiger partial charge in [-0.1, -0.05) is 30.3 Å². The summed E-state index contributed by atoms with van der Waals surface area (Å²) in [4.78, 5) is 25.8. The van der Waals surface area contributed by atoms with Crippen LogP contribution in [0.2, 0.25) is 0 Å². The van der Waals surface area contributed by atoms with Crippen LogP contribution in [0.5, 0.6) is 0 Å². The first kappa shape index (κ1) is 18.2. The molecule has 22 heavy (non-hydrogen) atoms. The van der Waals surface area contributed by atoms with Crippen molar-refractivity contribution >= 4 is 11.9 Å². The number of hydrogen-bond acceptors (Lipinski definition) is 4. The smallest absolute Gasteiger partial charge is 0.328 e. The van der Waals surface area contributed by atoms with E-state index in [1.54, 1.807) is 26.0 Å². The number of likely N-dealkylation sites (tertiary alicyclic amines) is 1. The number of esters is 1. The van der Waals surface area contributed by atoms with Crippen molar-refractivity contribution in [1.29, 1.82) is 0 Å². The fraction of sp³-hybridized carbons (Fsp3) is 0.529. The van der Waals surface area contributed by atoms with Gasteiger partial charge in [-0.15, -0.1) is 0 Å². The van der Waals surface area contributed by atoms with Crippen molar-refractivity contribution in [3.8, 4) is 0 Å². The van der Waals surface area contributed by atoms with Crippen LogP contribution in [0.15, 0.2) is 30.3 Å². The molecule has 0 N–H and O–H groups in total. The average molecular weight is 307 g/mol. The second-order valence-corrected chi connectivity index (χ2v) is 5.55. The molecule has 0 saturated carbocycles. The van der Waals surface area contributed by atoms with E-state index in [1.165, 1.54) is 7.11 Å². The predicted molar refractivity (Wildman–Crippen MR) is 84.5 cm³/mol. The first-order valence-corrected chi connectivity index (χ1v) is 7.27. The number of ether oxygens (including phenoxy) is 2. The van der Waals surface area contributed by atoms with Crippen molar-refractivity contribution in [2.75, 3.05) is 27.9 Å². The van der Waals surface area contributed by atoms with Crippen LogP contribution in [0.1, 0.15) is 25.8 Å². The third-order valence-electron chi connectivity index (χ3n) is 4.01. The van der Waals surface area contributed by atoms with Crippen LogP contribution in [0, 0.1) is 0 Å². The summed E-state index contributed by atoms with van der Waals surface area (Å²) in [5, 5.41) is 0. The van der Waals surface area contributed by atoms with Crippen LogP contribution < -0.4 is 0 Å². The van der Waals surface area contributed by atoms with Crippen LogP contribution in [-0.4, -0.2) is 50.7 Å². The quantitative estimate of drug-likeness (QED) is 0.802. The topological polar surface area (TPSA) is 55.8 Å². The monoisotopic (exact) mass is 307 g/mol. The van der Waals surface area contributed by atoms with Crippen molar-refractivity contribution in [3.63, 3.8) is 0 Å². The molecule has 2 atom stereocenters. The highest BCUT2D eigenvalue weighted by Crippen LogP contribution is 2.36. The minimum absolute atomic E-state index is 0.00315. The first-order valence-electron chi connectivity index (χ1n) is 7.27. The van der Waals surface area contributed by atoms with Gasteiger partial charge in [0.05, 0.1) is 12.5 Å². The molecular weight excluding hydrogens is 282 g/mol. The fourth-order valence-electron chi connectivity index (χ4n) is 2.61. The number of rotatable bonds is 3. The van der Waals surface area contributed by atoms with Gasteiger partial charge in [-0.2, -0.15) is 0 Å². The lowest BCUT2D eigenvalue weighted by Crippen LogP contribution is -2.44. The summed E-state index contributed by atoms with van der Waals surface area (Å²) >= 11 is 0. The number of hydrogen-bond donors (Lipinski definition) is 0. The fourth-order valence-corrected chi connectivity index (χ4v) is 2.61. The molecule has 1 fully saturated rings. The van der Waals surface area contributed by atoms with Gasteiger partial charge in [-0.3, -0.25) is 4.79 Å². The molecule has 1 aromatic carbocycles. The number of carbonyl (C=O) groups excluding carboxylic acids is 2. The van der Waals surface area contributed by atoms with E-state index >= 15 is 0 Å². The Morgan fingerprint density at radius 2 is 1.77 bits per heavy atom. The average Bonchev–Trinajstić information content (AvgIpc) is 2.84. The van der Waals surface area contributed by atoms with Gasteiger partial charge in [0.25, 0.3) is 0 Å². The zero-order valence-electron chi connectivity index (χ0n) is 14.0. The van der Waals surface area contributed by atoms with Crippen molar-refractivity contribution < 1.29 is 19.1 Å². The molecule has 5 heteroatoms. The van der Waals surface area contributed by atoms with Crippen LogP contribution in [0.25, 0.3) is 0 Å². The van der Waals surface area contributed by atoms with E-state index in [0.29, 0.717) is 6.54 Å². The van der Waals surface area contributed by atoms with Crippen molar-refractivity contribution in [2.45, 2.75) is 31.7 Å². The molecule has 1 aromatic rings. The van der Waals surface area contributed by atoms with Gasteiger partial charge >= 0.3 is 5.97 Å². The summed E-state index contributed by atoms with van der Waals surface area (Å²) in [7, 11) is 4.59. The summed E-state index contributed by atoms with van der Waals surface area (Å²) in [6, 6.07) is 9.19. The second kappa shape index (κ2) is 7.94. The molecular formula is C17H25NO4. The molecule has 1 aliphatic rings. The summed E-state index contributed by atoms with van der Waals surface area (Å²) in [6.07, 6.45) is 0.719. The molecule has 0 aromatic heterocycles. The van der Waals surface area contributed by atoms with Gasteiger partial charge in [0.1, 0.15) is 6.04 Å². The normalized spacial score (nSPS) is 21.9. The standard InChI is InChI=1S/C15H19NO3.C2H6O/c1-11(13(17)19-3)16-10-9-15(2,14(16)18)12-7-5-4-6-8-12;1-3-2/h4-8,11H,9-10H2,1-3H3;1-2H3/t11-,15?;/m1./s1. The maximum Gasteiger partial charge on any atom is 0.328 e. The van der Waals surface area contributed by atoms with Gasteiger partial charge in [-0.05, 0) is 25.8 Å². The molecule has 1 aliphatic heterocycles. The lowest BCUT2D eigenvalue weighted by Gasteiger charge is -2.26. The van der Waals surface area contributed by atoms with Gasteiger partial charge in [0.2, 0.25) is 5.91 Å². The number of amides is 1. The maximum absolute atomic E-state index is 12.6. The molecule has 0 aliphatic carbocycles. The second-order valence-electron chi connectivity index (χ2n) is 5.55. The number of carbonyl (C=O) groups is 2. The van der Waals surface area contributed by atoms with Gasteiger partial charge in [0, 0.05) is 20.8 Å². The molecule has 1 amide bonds. The zero-order chi connectivity index (χ0) is 16.8. The highest BCUT2D eigenvalue weighted by Gasteiger charge is 2.46. The van der Waals surface area contributed by atoms with Crippen molar-refractivity contribution in [2.24, 2.45) is 0 Å². The van der Waals surface area contributed by atoms with Crippen LogP contribution in [0.4, 0.5) is 0 Å². The number of benzene rings is 1. The Bertz CT molecular complexity index is 503. The summed E-state index contributed by atoms with van der Waals surface area (Å²) in [5.74, 6) is -0.373. The molecule has 2 rings (SSSR count). The largest absolute Gasteiger partial charge is 0.467 e. The Morgan fingerprint density at radius 3 is 2.27 bits per heavy atom. The summed E-state index contributed by atoms with van der Waals surface area (Å²) in [5.41, 5.74) is 0.461. The lowest BCUT2D eigenvalue weighted by atomic mass is 9.81. The van der Waals surface area contributed by atoms with E-state index in [9.17, 15) is 9.59 Å². The predicted octanol–water partition coefficient (Wildman–Crippen LogP) is 2.00. The number of nitrogens with zero attached hydrogens (tertiary/aromatic N) is 1. The third-order valence-corrected chi connectivity index (χ3v) is 4.01. The first-order chi connectivity index (χ1) is 10.4. The summed E-state index contributed by atoms with van der Waals surface area (Å²) < 4.78 is 8.96. The molecule has 1 heterocycles. The maximum atomic E-state index is 12.6. The third kappa shape index (κ3) is 3.65. The highest BCUT2D eigenvalue weighted by molar-refractivity contribution is 5.93. The Labute approximate surface area is 132 Å². The van der Waals surface area contributed by atoms with Crippen LogP contribution in [-0.2, 0) is 24.5 Å². The van der Waals surface area contributed by atoms with Crippen molar-refractivity contribution in [3.05, 3.63) is 35.9 Å². The Hall–Kier alpha value is -1.88. The van der Waals surface area contributed by atoms with E-state index in [2.05, 4.69) is 4.74 Å². The van der Waals surface area contributed by atoms with Crippen molar-refractivity contribution in [1.82, 2.24) is 4.90 Å². The minimum atomic E-state index is -0.538. The Morgan fingerprint density at radius 1 is 1.23 bits per heavy atom. The molecule has 122 valence electrons. The van der Waals surface area contributed by atoms with E-state index in [1.807, 2.05) is 37.3 Å². The Balaban J connectivity index is 0.000000745. The van der Waals surface area contributed by atoms with E-state index in [-0.39, 0.29) is 11.9 Å². The zero-order valence-corrected chi connectivity index (χ0v) is 14.0. The number of methoxy groups -OCH3 is 2. The van der Waals surface area contributed by atoms with Crippen LogP contribution in [0.3, 0.4) is 0 Å². The van der Waals surface area contributed by atoms with E-state index in [0.717, 1.165) is 12.0 Å². The molecule has 0 radical (unpaired) electrons. The van der Waals surface area contributed by atoms with Gasteiger partial charge in [0.15, 0.2) is 0 Å². The van der Waals surface area contributed by atoms with Gasteiger partial charge < -0.3 is 14.4 Å². The molecule has 1 unspecified atom stereocenters. The van der Waals surface area contributed by atoms with Crippen LogP contribution >= 0.6 is 0 Å². The molecule has 5 nitrogen and oxygen atoms in total. The highest BCUT2D eigenvalue weighted by atomic mass is 16.5. The Kier molecular flexibility index (Phi) is 6.56. The minimum Gasteiger partial charge on any atom is -0.467 e. The molecule has 1 saturated heterocycles. The molecule has 0 bridgehead atoms. The summed E-state index contributed by atoms with van der Waals surface area (Å²) in [6.45, 7) is 4.23. The van der Waals surface area contributed by atoms with E-state index < -0.39 is 11.5 Å². The van der Waals surface area contributed by atoms with Gasteiger partial charge in [-0.25, -0.2) is 4.79 Å². The lowest BCUT2D eigenvalue weighted by molar-refractivity contribution is -0.151. The van der Waals surface area contributed by atoms with E-state index in [4.69, 9.17) is 4.74 Å².